The summed E-state index contributed by atoms with van der Waals surface area (Å²) in [7, 11) is 0. The molecule has 0 fully saturated rings. The van der Waals surface area contributed by atoms with Gasteiger partial charge >= 0.3 is 5.97 Å². The molecule has 0 aromatic rings. The average Bonchev–Trinajstić information content (AvgIpc) is 2.10. The van der Waals surface area contributed by atoms with Crippen molar-refractivity contribution in [3.8, 4) is 0 Å². The van der Waals surface area contributed by atoms with Crippen molar-refractivity contribution < 1.29 is 14.6 Å². The van der Waals surface area contributed by atoms with Crippen LogP contribution < -0.4 is 5.32 Å². The van der Waals surface area contributed by atoms with E-state index in [1.807, 2.05) is 27.7 Å². The molecule has 4 nitrogen and oxygen atoms in total. The summed E-state index contributed by atoms with van der Waals surface area (Å²) < 4.78 is 5.51. The van der Waals surface area contributed by atoms with Gasteiger partial charge in [-0.1, -0.05) is 6.92 Å². The van der Waals surface area contributed by atoms with E-state index in [9.17, 15) is 4.79 Å². The minimum Gasteiger partial charge on any atom is -0.480 e. The van der Waals surface area contributed by atoms with Gasteiger partial charge in [-0.3, -0.25) is 4.79 Å². The molecule has 0 aromatic heterocycles. The predicted octanol–water partition coefficient (Wildman–Crippen LogP) is 1.64. The van der Waals surface area contributed by atoms with Crippen LogP contribution in [-0.4, -0.2) is 35.4 Å². The molecule has 0 amide bonds. The molecule has 0 heterocycles. The second-order valence-corrected chi connectivity index (χ2v) is 4.97. The van der Waals surface area contributed by atoms with E-state index in [1.54, 1.807) is 6.92 Å². The molecule has 15 heavy (non-hydrogen) atoms. The van der Waals surface area contributed by atoms with Gasteiger partial charge in [0.05, 0.1) is 12.2 Å². The van der Waals surface area contributed by atoms with Crippen molar-refractivity contribution in [1.82, 2.24) is 5.32 Å². The highest BCUT2D eigenvalue weighted by molar-refractivity contribution is 5.78. The Balaban J connectivity index is 4.32. The Morgan fingerprint density at radius 2 is 1.87 bits per heavy atom. The molecule has 0 aliphatic carbocycles. The van der Waals surface area contributed by atoms with E-state index in [0.29, 0.717) is 6.54 Å². The summed E-state index contributed by atoms with van der Waals surface area (Å²) in [6.45, 7) is 10.2. The molecule has 2 N–H and O–H groups in total. The smallest absolute Gasteiger partial charge is 0.326 e. The third kappa shape index (κ3) is 5.74. The van der Waals surface area contributed by atoms with E-state index in [1.165, 1.54) is 0 Å². The first-order valence-corrected chi connectivity index (χ1v) is 5.33. The third-order valence-corrected chi connectivity index (χ3v) is 2.03. The summed E-state index contributed by atoms with van der Waals surface area (Å²) in [5.74, 6) is -0.875. The van der Waals surface area contributed by atoms with Crippen molar-refractivity contribution in [2.24, 2.45) is 0 Å². The van der Waals surface area contributed by atoms with Gasteiger partial charge in [-0.15, -0.1) is 0 Å². The highest BCUT2D eigenvalue weighted by Gasteiger charge is 2.34. The lowest BCUT2D eigenvalue weighted by molar-refractivity contribution is -0.149. The van der Waals surface area contributed by atoms with Crippen LogP contribution in [0.15, 0.2) is 0 Å². The molecule has 0 saturated heterocycles. The van der Waals surface area contributed by atoms with Gasteiger partial charge in [-0.2, -0.15) is 0 Å². The molecule has 1 atom stereocenters. The minimum absolute atomic E-state index is 0.172. The Bertz CT molecular complexity index is 210. The van der Waals surface area contributed by atoms with Crippen LogP contribution in [0.5, 0.6) is 0 Å². The monoisotopic (exact) mass is 217 g/mol. The van der Waals surface area contributed by atoms with Crippen LogP contribution in [-0.2, 0) is 9.53 Å². The van der Waals surface area contributed by atoms with E-state index in [2.05, 4.69) is 5.32 Å². The Morgan fingerprint density at radius 3 is 2.20 bits per heavy atom. The van der Waals surface area contributed by atoms with Crippen molar-refractivity contribution in [1.29, 1.82) is 0 Å². The van der Waals surface area contributed by atoms with Gasteiger partial charge < -0.3 is 15.2 Å². The topological polar surface area (TPSA) is 58.6 Å². The first-order valence-electron chi connectivity index (χ1n) is 5.33. The standard InChI is InChI=1S/C11H23NO3/c1-6-7-12-11(5,9(13)14)8-15-10(2,3)4/h12H,6-8H2,1-5H3,(H,13,14). The summed E-state index contributed by atoms with van der Waals surface area (Å²) in [5.41, 5.74) is -1.31. The van der Waals surface area contributed by atoms with Gasteiger partial charge in [0, 0.05) is 0 Å². The molecule has 0 radical (unpaired) electrons. The number of carboxylic acid groups (broad SMARTS) is 1. The molecule has 0 aliphatic rings. The maximum absolute atomic E-state index is 11.1. The fraction of sp³-hybridized carbons (Fsp3) is 0.909. The van der Waals surface area contributed by atoms with Crippen LogP contribution in [0.4, 0.5) is 0 Å². The zero-order valence-electron chi connectivity index (χ0n) is 10.4. The Kier molecular flexibility index (Phi) is 5.24. The van der Waals surface area contributed by atoms with Gasteiger partial charge in [0.1, 0.15) is 5.54 Å². The molecule has 1 unspecified atom stereocenters. The minimum atomic E-state index is -0.997. The fourth-order valence-corrected chi connectivity index (χ4v) is 0.950. The summed E-state index contributed by atoms with van der Waals surface area (Å²) in [4.78, 5) is 11.1. The highest BCUT2D eigenvalue weighted by atomic mass is 16.5. The number of ether oxygens (including phenoxy) is 1. The number of carboxylic acids is 1. The molecule has 0 aromatic carbocycles. The molecular formula is C11H23NO3. The van der Waals surface area contributed by atoms with Gasteiger partial charge in [0.15, 0.2) is 0 Å². The maximum atomic E-state index is 11.1. The van der Waals surface area contributed by atoms with Crippen LogP contribution >= 0.6 is 0 Å². The van der Waals surface area contributed by atoms with E-state index >= 15 is 0 Å². The van der Waals surface area contributed by atoms with Gasteiger partial charge in [-0.25, -0.2) is 0 Å². The number of carbonyl (C=O) groups is 1. The summed E-state index contributed by atoms with van der Waals surface area (Å²) in [5, 5.41) is 12.1. The van der Waals surface area contributed by atoms with Crippen molar-refractivity contribution in [2.75, 3.05) is 13.2 Å². The first kappa shape index (κ1) is 14.4. The molecule has 90 valence electrons. The molecule has 0 rings (SSSR count). The number of rotatable bonds is 6. The molecule has 0 spiro atoms. The fourth-order valence-electron chi connectivity index (χ4n) is 0.950. The van der Waals surface area contributed by atoms with E-state index in [-0.39, 0.29) is 12.2 Å². The number of hydrogen-bond acceptors (Lipinski definition) is 3. The lowest BCUT2D eigenvalue weighted by atomic mass is 10.0. The van der Waals surface area contributed by atoms with Crippen molar-refractivity contribution in [3.63, 3.8) is 0 Å². The molecule has 0 aliphatic heterocycles. The van der Waals surface area contributed by atoms with Crippen molar-refractivity contribution in [3.05, 3.63) is 0 Å². The Labute approximate surface area is 92.0 Å². The molecule has 0 bridgehead atoms. The van der Waals surface area contributed by atoms with Crippen LogP contribution in [0.25, 0.3) is 0 Å². The zero-order valence-corrected chi connectivity index (χ0v) is 10.4. The van der Waals surface area contributed by atoms with Crippen LogP contribution in [0.2, 0.25) is 0 Å². The van der Waals surface area contributed by atoms with Crippen LogP contribution in [0.1, 0.15) is 41.0 Å². The first-order chi connectivity index (χ1) is 6.71. The number of hydrogen-bond donors (Lipinski definition) is 2. The van der Waals surface area contributed by atoms with E-state index < -0.39 is 11.5 Å². The van der Waals surface area contributed by atoms with Gasteiger partial charge in [0.25, 0.3) is 0 Å². The largest absolute Gasteiger partial charge is 0.480 e. The number of aliphatic carboxylic acids is 1. The molecule has 0 saturated carbocycles. The summed E-state index contributed by atoms with van der Waals surface area (Å²) >= 11 is 0. The van der Waals surface area contributed by atoms with Crippen LogP contribution in [0, 0.1) is 0 Å². The SMILES string of the molecule is CCCNC(C)(COC(C)(C)C)C(=O)O. The summed E-state index contributed by atoms with van der Waals surface area (Å²) in [6, 6.07) is 0. The lowest BCUT2D eigenvalue weighted by Gasteiger charge is -2.30. The van der Waals surface area contributed by atoms with Crippen molar-refractivity contribution in [2.45, 2.75) is 52.2 Å². The number of nitrogens with one attached hydrogen (secondary N) is 1. The lowest BCUT2D eigenvalue weighted by Crippen LogP contribution is -2.54. The Hall–Kier alpha value is -0.610. The van der Waals surface area contributed by atoms with Gasteiger partial charge in [0.2, 0.25) is 0 Å². The second-order valence-electron chi connectivity index (χ2n) is 4.97. The second kappa shape index (κ2) is 5.47. The zero-order chi connectivity index (χ0) is 12.1. The summed E-state index contributed by atoms with van der Waals surface area (Å²) in [6.07, 6.45) is 0.901. The van der Waals surface area contributed by atoms with E-state index in [4.69, 9.17) is 9.84 Å². The van der Waals surface area contributed by atoms with Crippen LogP contribution in [0.3, 0.4) is 0 Å². The molecular weight excluding hydrogens is 194 g/mol. The maximum Gasteiger partial charge on any atom is 0.326 e. The molecule has 4 heteroatoms. The van der Waals surface area contributed by atoms with E-state index in [0.717, 1.165) is 6.42 Å². The highest BCUT2D eigenvalue weighted by Crippen LogP contribution is 2.13. The quantitative estimate of drug-likeness (QED) is 0.710. The van der Waals surface area contributed by atoms with Gasteiger partial charge in [-0.05, 0) is 40.7 Å². The third-order valence-electron chi connectivity index (χ3n) is 2.03. The normalized spacial score (nSPS) is 16.1. The average molecular weight is 217 g/mol. The predicted molar refractivity (Wildman–Crippen MR) is 60.0 cm³/mol. The van der Waals surface area contributed by atoms with Crippen molar-refractivity contribution >= 4 is 5.97 Å². The Morgan fingerprint density at radius 1 is 1.33 bits per heavy atom.